The molecule has 0 aliphatic heterocycles. The molecule has 0 fully saturated rings. The first-order valence-electron chi connectivity index (χ1n) is 7.45. The van der Waals surface area contributed by atoms with E-state index in [0.29, 0.717) is 6.54 Å². The second kappa shape index (κ2) is 11.7. The Morgan fingerprint density at radius 1 is 0.889 bits per heavy atom. The number of unbranched alkanes of at least 4 members (excludes halogenated alkanes) is 9. The Morgan fingerprint density at radius 2 is 1.33 bits per heavy atom. The van der Waals surface area contributed by atoms with Crippen molar-refractivity contribution in [3.8, 4) is 0 Å². The summed E-state index contributed by atoms with van der Waals surface area (Å²) in [6.45, 7) is 6.20. The molecule has 0 saturated carbocycles. The maximum Gasteiger partial charge on any atom is 0.243 e. The summed E-state index contributed by atoms with van der Waals surface area (Å²) in [5, 5.41) is 21.0. The molecule has 0 spiro atoms. The number of hydrogen-bond donors (Lipinski definition) is 3. The van der Waals surface area contributed by atoms with Crippen LogP contribution in [-0.4, -0.2) is 22.7 Å². The van der Waals surface area contributed by atoms with E-state index < -0.39 is 5.91 Å². The molecule has 0 aromatic rings. The molecule has 108 valence electrons. The van der Waals surface area contributed by atoms with Gasteiger partial charge in [-0.05, 0) is 12.5 Å². The largest absolute Gasteiger partial charge is 0.350 e. The second-order valence-electron chi connectivity index (χ2n) is 5.04. The van der Waals surface area contributed by atoms with Crippen LogP contribution in [0.3, 0.4) is 0 Å². The third-order valence-electron chi connectivity index (χ3n) is 3.20. The number of hydrogen-bond acceptors (Lipinski definition) is 3. The van der Waals surface area contributed by atoms with Crippen LogP contribution in [-0.2, 0) is 0 Å². The fraction of sp³-hybridized carbons (Fsp3) is 0.867. The third-order valence-corrected chi connectivity index (χ3v) is 3.20. The summed E-state index contributed by atoms with van der Waals surface area (Å²) in [6, 6.07) is 0. The predicted molar refractivity (Wildman–Crippen MR) is 77.2 cm³/mol. The summed E-state index contributed by atoms with van der Waals surface area (Å²) >= 11 is 0. The van der Waals surface area contributed by atoms with Gasteiger partial charge in [0, 0.05) is 6.54 Å². The lowest BCUT2D eigenvalue weighted by molar-refractivity contribution is -0.142. The van der Waals surface area contributed by atoms with Gasteiger partial charge in [-0.3, -0.25) is 5.32 Å². The highest BCUT2D eigenvalue weighted by atomic mass is 16.5. The van der Waals surface area contributed by atoms with Gasteiger partial charge in [0.05, 0.1) is 0 Å². The Balaban J connectivity index is 3.10. The van der Waals surface area contributed by atoms with Gasteiger partial charge >= 0.3 is 0 Å². The normalized spacial score (nSPS) is 11.7. The summed E-state index contributed by atoms with van der Waals surface area (Å²) in [4.78, 5) is 0. The zero-order chi connectivity index (χ0) is 13.7. The van der Waals surface area contributed by atoms with E-state index in [1.54, 1.807) is 0 Å². The molecule has 0 aromatic carbocycles. The summed E-state index contributed by atoms with van der Waals surface area (Å²) in [5.41, 5.74) is 0. The SMILES string of the molecule is C=CC(O)(O)NCCCCCCCCCCCC. The Morgan fingerprint density at radius 3 is 1.78 bits per heavy atom. The van der Waals surface area contributed by atoms with Crippen LogP contribution in [0.4, 0.5) is 0 Å². The lowest BCUT2D eigenvalue weighted by Gasteiger charge is -2.18. The molecule has 18 heavy (non-hydrogen) atoms. The molecule has 0 amide bonds. The highest BCUT2D eigenvalue weighted by Gasteiger charge is 2.15. The number of aliphatic hydroxyl groups is 2. The lowest BCUT2D eigenvalue weighted by atomic mass is 10.1. The molecule has 3 N–H and O–H groups in total. The summed E-state index contributed by atoms with van der Waals surface area (Å²) < 4.78 is 0. The van der Waals surface area contributed by atoms with Crippen LogP contribution in [0, 0.1) is 0 Å². The van der Waals surface area contributed by atoms with Gasteiger partial charge in [0.2, 0.25) is 5.91 Å². The van der Waals surface area contributed by atoms with Crippen LogP contribution in [0.15, 0.2) is 12.7 Å². The molecule has 0 unspecified atom stereocenters. The van der Waals surface area contributed by atoms with Crippen LogP contribution < -0.4 is 5.32 Å². The van der Waals surface area contributed by atoms with E-state index in [2.05, 4.69) is 18.8 Å². The van der Waals surface area contributed by atoms with E-state index in [4.69, 9.17) is 0 Å². The Bertz CT molecular complexity index is 193. The van der Waals surface area contributed by atoms with Crippen molar-refractivity contribution in [2.75, 3.05) is 6.54 Å². The van der Waals surface area contributed by atoms with Crippen molar-refractivity contribution in [3.05, 3.63) is 12.7 Å². The van der Waals surface area contributed by atoms with E-state index >= 15 is 0 Å². The van der Waals surface area contributed by atoms with Crippen LogP contribution in [0.2, 0.25) is 0 Å². The van der Waals surface area contributed by atoms with Crippen LogP contribution in [0.1, 0.15) is 71.1 Å². The van der Waals surface area contributed by atoms with Gasteiger partial charge in [0.15, 0.2) is 0 Å². The first-order chi connectivity index (χ1) is 8.62. The van der Waals surface area contributed by atoms with Gasteiger partial charge in [-0.1, -0.05) is 71.3 Å². The lowest BCUT2D eigenvalue weighted by Crippen LogP contribution is -2.43. The molecule has 0 aliphatic carbocycles. The predicted octanol–water partition coefficient (Wildman–Crippen LogP) is 3.32. The molecular weight excluding hydrogens is 226 g/mol. The molecule has 0 atom stereocenters. The fourth-order valence-electron chi connectivity index (χ4n) is 1.96. The second-order valence-corrected chi connectivity index (χ2v) is 5.04. The van der Waals surface area contributed by atoms with Crippen molar-refractivity contribution in [2.45, 2.75) is 77.0 Å². The molecule has 0 aliphatic rings. The number of rotatable bonds is 13. The van der Waals surface area contributed by atoms with Crippen molar-refractivity contribution in [1.82, 2.24) is 5.32 Å². The van der Waals surface area contributed by atoms with Gasteiger partial charge in [0.25, 0.3) is 0 Å². The summed E-state index contributed by atoms with van der Waals surface area (Å²) in [6.07, 6.45) is 13.9. The smallest absolute Gasteiger partial charge is 0.243 e. The van der Waals surface area contributed by atoms with Gasteiger partial charge in [-0.25, -0.2) is 0 Å². The minimum Gasteiger partial charge on any atom is -0.350 e. The maximum absolute atomic E-state index is 9.19. The minimum absolute atomic E-state index is 0.621. The Kier molecular flexibility index (Phi) is 11.4. The molecule has 0 rings (SSSR count). The monoisotopic (exact) mass is 257 g/mol. The Labute approximate surface area is 112 Å². The average molecular weight is 257 g/mol. The van der Waals surface area contributed by atoms with Gasteiger partial charge in [-0.2, -0.15) is 0 Å². The van der Waals surface area contributed by atoms with E-state index in [1.807, 2.05) is 0 Å². The standard InChI is InChI=1S/C15H31NO2/c1-3-5-6-7-8-9-10-11-12-13-14-16-15(17,18)4-2/h4,16-18H,2-3,5-14H2,1H3. The summed E-state index contributed by atoms with van der Waals surface area (Å²) in [5.74, 6) is -1.90. The molecular formula is C15H31NO2. The van der Waals surface area contributed by atoms with E-state index in [9.17, 15) is 10.2 Å². The van der Waals surface area contributed by atoms with Gasteiger partial charge in [0.1, 0.15) is 0 Å². The van der Waals surface area contributed by atoms with E-state index in [0.717, 1.165) is 18.9 Å². The molecule has 3 heteroatoms. The molecule has 0 radical (unpaired) electrons. The highest BCUT2D eigenvalue weighted by Crippen LogP contribution is 2.10. The zero-order valence-corrected chi connectivity index (χ0v) is 12.0. The molecule has 0 heterocycles. The zero-order valence-electron chi connectivity index (χ0n) is 12.0. The van der Waals surface area contributed by atoms with Crippen LogP contribution in [0.25, 0.3) is 0 Å². The molecule has 3 nitrogen and oxygen atoms in total. The average Bonchev–Trinajstić information content (AvgIpc) is 2.36. The van der Waals surface area contributed by atoms with Gasteiger partial charge < -0.3 is 10.2 Å². The van der Waals surface area contributed by atoms with Crippen LogP contribution in [0.5, 0.6) is 0 Å². The molecule has 0 bridgehead atoms. The minimum atomic E-state index is -1.90. The highest BCUT2D eigenvalue weighted by molar-refractivity contribution is 4.82. The van der Waals surface area contributed by atoms with Crippen molar-refractivity contribution < 1.29 is 10.2 Å². The van der Waals surface area contributed by atoms with E-state index in [-0.39, 0.29) is 0 Å². The third kappa shape index (κ3) is 12.1. The first-order valence-corrected chi connectivity index (χ1v) is 7.45. The van der Waals surface area contributed by atoms with Crippen molar-refractivity contribution in [1.29, 1.82) is 0 Å². The van der Waals surface area contributed by atoms with Crippen molar-refractivity contribution >= 4 is 0 Å². The van der Waals surface area contributed by atoms with E-state index in [1.165, 1.54) is 51.4 Å². The molecule has 0 saturated heterocycles. The fourth-order valence-corrected chi connectivity index (χ4v) is 1.96. The van der Waals surface area contributed by atoms with Crippen molar-refractivity contribution in [3.63, 3.8) is 0 Å². The molecule has 0 aromatic heterocycles. The first kappa shape index (κ1) is 17.6. The maximum atomic E-state index is 9.19. The topological polar surface area (TPSA) is 52.5 Å². The quantitative estimate of drug-likeness (QED) is 0.269. The number of nitrogens with one attached hydrogen (secondary N) is 1. The summed E-state index contributed by atoms with van der Waals surface area (Å²) in [7, 11) is 0. The van der Waals surface area contributed by atoms with Gasteiger partial charge in [-0.15, -0.1) is 0 Å². The van der Waals surface area contributed by atoms with Crippen LogP contribution >= 0.6 is 0 Å². The Hall–Kier alpha value is -0.380. The van der Waals surface area contributed by atoms with Crippen molar-refractivity contribution in [2.24, 2.45) is 0 Å².